The molecule has 0 aliphatic rings. The number of para-hydroxylation sites is 1. The number of fused-ring (bicyclic) bond motifs is 1. The molecule has 0 fully saturated rings. The maximum absolute atomic E-state index is 12.7. The summed E-state index contributed by atoms with van der Waals surface area (Å²) in [6.07, 6.45) is 0.377. The molecule has 2 aromatic carbocycles. The van der Waals surface area contributed by atoms with Gasteiger partial charge in [0.25, 0.3) is 0 Å². The zero-order valence-corrected chi connectivity index (χ0v) is 17.3. The molecule has 3 rings (SSSR count). The summed E-state index contributed by atoms with van der Waals surface area (Å²) in [6.45, 7) is 4.47. The van der Waals surface area contributed by atoms with Crippen molar-refractivity contribution in [2.24, 2.45) is 0 Å². The van der Waals surface area contributed by atoms with Gasteiger partial charge in [0, 0.05) is 12.7 Å². The van der Waals surface area contributed by atoms with Crippen LogP contribution in [0.4, 0.5) is 0 Å². The second-order valence-corrected chi connectivity index (χ2v) is 6.65. The number of halogens is 1. The van der Waals surface area contributed by atoms with E-state index < -0.39 is 12.1 Å². The van der Waals surface area contributed by atoms with Crippen molar-refractivity contribution < 1.29 is 28.2 Å². The van der Waals surface area contributed by atoms with Gasteiger partial charge < -0.3 is 23.4 Å². The Balaban J connectivity index is 1.72. The van der Waals surface area contributed by atoms with Crippen LogP contribution in [0.15, 0.2) is 57.9 Å². The normalized spacial score (nSPS) is 11.8. The van der Waals surface area contributed by atoms with Crippen molar-refractivity contribution in [2.45, 2.75) is 20.0 Å². The van der Waals surface area contributed by atoms with Gasteiger partial charge in [-0.1, -0.05) is 23.7 Å². The smallest absolute Gasteiger partial charge is 0.347 e. The molecule has 158 valence electrons. The summed E-state index contributed by atoms with van der Waals surface area (Å²) in [4.78, 5) is 24.7. The minimum absolute atomic E-state index is 0.00973. The predicted molar refractivity (Wildman–Crippen MR) is 112 cm³/mol. The van der Waals surface area contributed by atoms with E-state index in [1.54, 1.807) is 43.3 Å². The van der Waals surface area contributed by atoms with Gasteiger partial charge in [-0.25, -0.2) is 4.79 Å². The van der Waals surface area contributed by atoms with Crippen molar-refractivity contribution in [1.82, 2.24) is 0 Å². The van der Waals surface area contributed by atoms with Crippen LogP contribution < -0.4 is 14.9 Å². The number of ether oxygens (including phenoxy) is 4. The first-order valence-electron chi connectivity index (χ1n) is 9.38. The molecule has 1 atom stereocenters. The van der Waals surface area contributed by atoms with E-state index in [-0.39, 0.29) is 17.8 Å². The van der Waals surface area contributed by atoms with Crippen LogP contribution in [0.3, 0.4) is 0 Å². The molecule has 0 N–H and O–H groups in total. The highest BCUT2D eigenvalue weighted by atomic mass is 35.5. The van der Waals surface area contributed by atoms with Crippen molar-refractivity contribution in [2.75, 3.05) is 19.8 Å². The van der Waals surface area contributed by atoms with Crippen molar-refractivity contribution in [3.05, 3.63) is 64.0 Å². The average molecular weight is 433 g/mol. The molecule has 0 radical (unpaired) electrons. The maximum atomic E-state index is 12.7. The van der Waals surface area contributed by atoms with Crippen LogP contribution in [0.2, 0.25) is 5.02 Å². The van der Waals surface area contributed by atoms with E-state index in [9.17, 15) is 9.59 Å². The highest BCUT2D eigenvalue weighted by Gasteiger charge is 2.17. The average Bonchev–Trinajstić information content (AvgIpc) is 2.74. The molecule has 1 heterocycles. The standard InChI is InChI=1S/C22H21ClO7/c1-3-26-10-11-27-22(25)14(2)29-15-8-9-16-19(12-15)28-13-20(21(16)24)30-18-7-5-4-6-17(18)23/h4-9,12-14H,3,10-11H2,1-2H3/t14-/m1/s1. The molecule has 0 aliphatic carbocycles. The first kappa shape index (κ1) is 21.7. The lowest BCUT2D eigenvalue weighted by Crippen LogP contribution is -2.27. The van der Waals surface area contributed by atoms with Gasteiger partial charge in [-0.3, -0.25) is 4.79 Å². The highest BCUT2D eigenvalue weighted by Crippen LogP contribution is 2.29. The van der Waals surface area contributed by atoms with Crippen LogP contribution in [0, 0.1) is 0 Å². The molecule has 0 aliphatic heterocycles. The van der Waals surface area contributed by atoms with Crippen LogP contribution in [-0.4, -0.2) is 31.9 Å². The fourth-order valence-electron chi connectivity index (χ4n) is 2.60. The van der Waals surface area contributed by atoms with Crippen molar-refractivity contribution in [3.8, 4) is 17.2 Å². The second kappa shape index (κ2) is 10.1. The summed E-state index contributed by atoms with van der Waals surface area (Å²) in [5, 5.41) is 0.682. The topological polar surface area (TPSA) is 84.2 Å². The third-order valence-corrected chi connectivity index (χ3v) is 4.40. The lowest BCUT2D eigenvalue weighted by molar-refractivity contribution is -0.152. The van der Waals surface area contributed by atoms with E-state index in [4.69, 9.17) is 35.0 Å². The minimum Gasteiger partial charge on any atom is -0.479 e. The lowest BCUT2D eigenvalue weighted by Gasteiger charge is -2.14. The first-order valence-corrected chi connectivity index (χ1v) is 9.76. The Kier molecular flexibility index (Phi) is 7.32. The summed E-state index contributed by atoms with van der Waals surface area (Å²) >= 11 is 6.07. The van der Waals surface area contributed by atoms with Crippen LogP contribution in [-0.2, 0) is 14.3 Å². The fourth-order valence-corrected chi connectivity index (χ4v) is 2.77. The molecule has 0 saturated carbocycles. The van der Waals surface area contributed by atoms with Crippen LogP contribution in [0.5, 0.6) is 17.2 Å². The molecule has 30 heavy (non-hydrogen) atoms. The molecular formula is C22H21ClO7. The maximum Gasteiger partial charge on any atom is 0.347 e. The Labute approximate surface area is 178 Å². The van der Waals surface area contributed by atoms with E-state index >= 15 is 0 Å². The summed E-state index contributed by atoms with van der Waals surface area (Å²) in [5.41, 5.74) is -0.0629. The molecule has 1 aromatic heterocycles. The zero-order chi connectivity index (χ0) is 21.5. The van der Waals surface area contributed by atoms with E-state index in [0.29, 0.717) is 40.7 Å². The monoisotopic (exact) mass is 432 g/mol. The Bertz CT molecular complexity index is 1080. The molecular weight excluding hydrogens is 412 g/mol. The Hall–Kier alpha value is -3.03. The largest absolute Gasteiger partial charge is 0.479 e. The number of carbonyl (C=O) groups is 1. The van der Waals surface area contributed by atoms with E-state index in [0.717, 1.165) is 0 Å². The van der Waals surface area contributed by atoms with E-state index in [2.05, 4.69) is 0 Å². The number of esters is 1. The van der Waals surface area contributed by atoms with Gasteiger partial charge in [0.1, 0.15) is 30.0 Å². The Morgan fingerprint density at radius 3 is 2.70 bits per heavy atom. The lowest BCUT2D eigenvalue weighted by atomic mass is 10.2. The molecule has 8 heteroatoms. The summed E-state index contributed by atoms with van der Waals surface area (Å²) in [7, 11) is 0. The van der Waals surface area contributed by atoms with Crippen molar-refractivity contribution in [1.29, 1.82) is 0 Å². The fraction of sp³-hybridized carbons (Fsp3) is 0.273. The molecule has 0 amide bonds. The van der Waals surface area contributed by atoms with Crippen LogP contribution >= 0.6 is 11.6 Å². The molecule has 0 spiro atoms. The number of hydrogen-bond donors (Lipinski definition) is 0. The third kappa shape index (κ3) is 5.31. The third-order valence-electron chi connectivity index (χ3n) is 4.09. The number of rotatable bonds is 9. The molecule has 3 aromatic rings. The highest BCUT2D eigenvalue weighted by molar-refractivity contribution is 6.32. The van der Waals surface area contributed by atoms with Crippen molar-refractivity contribution in [3.63, 3.8) is 0 Å². The van der Waals surface area contributed by atoms with Crippen LogP contribution in [0.25, 0.3) is 11.0 Å². The van der Waals surface area contributed by atoms with Crippen molar-refractivity contribution >= 4 is 28.5 Å². The second-order valence-electron chi connectivity index (χ2n) is 6.24. The van der Waals surface area contributed by atoms with Gasteiger partial charge in [0.2, 0.25) is 11.2 Å². The minimum atomic E-state index is -0.835. The number of hydrogen-bond acceptors (Lipinski definition) is 7. The van der Waals surface area contributed by atoms with E-state index in [1.807, 2.05) is 6.92 Å². The quantitative estimate of drug-likeness (QED) is 0.361. The molecule has 0 saturated heterocycles. The van der Waals surface area contributed by atoms with Gasteiger partial charge in [0.05, 0.1) is 17.0 Å². The van der Waals surface area contributed by atoms with Crippen LogP contribution in [0.1, 0.15) is 13.8 Å². The predicted octanol–water partition coefficient (Wildman–Crippen LogP) is 4.59. The SMILES string of the molecule is CCOCCOC(=O)[C@@H](C)Oc1ccc2c(=O)c(Oc3ccccc3Cl)coc2c1. The number of benzene rings is 2. The summed E-state index contributed by atoms with van der Waals surface area (Å²) < 4.78 is 26.9. The van der Waals surface area contributed by atoms with E-state index in [1.165, 1.54) is 12.3 Å². The molecule has 7 nitrogen and oxygen atoms in total. The van der Waals surface area contributed by atoms with Gasteiger partial charge in [-0.2, -0.15) is 0 Å². The number of carbonyl (C=O) groups excluding carboxylic acids is 1. The summed E-state index contributed by atoms with van der Waals surface area (Å²) in [5.74, 6) is 0.206. The Morgan fingerprint density at radius 1 is 1.13 bits per heavy atom. The summed E-state index contributed by atoms with van der Waals surface area (Å²) in [6, 6.07) is 11.5. The molecule has 0 bridgehead atoms. The molecule has 0 unspecified atom stereocenters. The van der Waals surface area contributed by atoms with Gasteiger partial charge in [-0.05, 0) is 38.1 Å². The first-order chi connectivity index (χ1) is 14.5. The van der Waals surface area contributed by atoms with Gasteiger partial charge in [0.15, 0.2) is 6.10 Å². The van der Waals surface area contributed by atoms with Gasteiger partial charge in [-0.15, -0.1) is 0 Å². The Morgan fingerprint density at radius 2 is 1.93 bits per heavy atom. The van der Waals surface area contributed by atoms with Gasteiger partial charge >= 0.3 is 5.97 Å². The zero-order valence-electron chi connectivity index (χ0n) is 16.6.